The highest BCUT2D eigenvalue weighted by molar-refractivity contribution is 5.94. The quantitative estimate of drug-likeness (QED) is 0.699. The first-order valence-electron chi connectivity index (χ1n) is 6.40. The third-order valence-corrected chi connectivity index (χ3v) is 2.78. The number of hydrogen-bond acceptors (Lipinski definition) is 3. The molecular formula is C14H20N2O3. The zero-order valence-electron chi connectivity index (χ0n) is 11.1. The van der Waals surface area contributed by atoms with Crippen LogP contribution in [0.3, 0.4) is 0 Å². The molecular weight excluding hydrogens is 244 g/mol. The number of hydrogen-bond donors (Lipinski definition) is 3. The molecule has 0 radical (unpaired) electrons. The number of carbonyl (C=O) groups excluding carboxylic acids is 1. The Bertz CT molecular complexity index is 429. The molecule has 1 atom stereocenters. The summed E-state index contributed by atoms with van der Waals surface area (Å²) >= 11 is 0. The summed E-state index contributed by atoms with van der Waals surface area (Å²) in [6, 6.07) is 6.23. The van der Waals surface area contributed by atoms with Crippen molar-refractivity contribution in [2.24, 2.45) is 5.73 Å². The van der Waals surface area contributed by atoms with Gasteiger partial charge in [0.25, 0.3) is 0 Å². The van der Waals surface area contributed by atoms with E-state index in [2.05, 4.69) is 5.32 Å². The van der Waals surface area contributed by atoms with Gasteiger partial charge in [0.05, 0.1) is 12.5 Å². The number of carbonyl (C=O) groups is 2. The second-order valence-electron chi connectivity index (χ2n) is 4.51. The van der Waals surface area contributed by atoms with Gasteiger partial charge in [-0.1, -0.05) is 31.9 Å². The largest absolute Gasteiger partial charge is 0.481 e. The molecule has 104 valence electrons. The summed E-state index contributed by atoms with van der Waals surface area (Å²) in [5, 5.41) is 11.4. The maximum Gasteiger partial charge on any atom is 0.307 e. The van der Waals surface area contributed by atoms with Crippen LogP contribution in [0.25, 0.3) is 0 Å². The molecule has 0 spiro atoms. The lowest BCUT2D eigenvalue weighted by molar-refractivity contribution is -0.136. The van der Waals surface area contributed by atoms with Gasteiger partial charge in [-0.15, -0.1) is 0 Å². The highest BCUT2D eigenvalue weighted by Gasteiger charge is 2.12. The minimum atomic E-state index is -0.877. The first kappa shape index (κ1) is 15.2. The topological polar surface area (TPSA) is 92.4 Å². The molecule has 1 aromatic carbocycles. The van der Waals surface area contributed by atoms with Crippen LogP contribution in [0, 0.1) is 0 Å². The number of carboxylic acids is 1. The molecule has 0 unspecified atom stereocenters. The van der Waals surface area contributed by atoms with Crippen LogP contribution < -0.4 is 11.1 Å². The van der Waals surface area contributed by atoms with Crippen molar-refractivity contribution in [2.75, 3.05) is 5.32 Å². The molecule has 1 aromatic rings. The Kier molecular flexibility index (Phi) is 6.02. The highest BCUT2D eigenvalue weighted by atomic mass is 16.4. The number of rotatable bonds is 7. The van der Waals surface area contributed by atoms with Crippen molar-refractivity contribution >= 4 is 17.6 Å². The van der Waals surface area contributed by atoms with E-state index >= 15 is 0 Å². The van der Waals surface area contributed by atoms with E-state index in [1.807, 2.05) is 6.92 Å². The minimum Gasteiger partial charge on any atom is -0.481 e. The van der Waals surface area contributed by atoms with Gasteiger partial charge in [0.1, 0.15) is 0 Å². The molecule has 5 heteroatoms. The summed E-state index contributed by atoms with van der Waals surface area (Å²) < 4.78 is 0. The third kappa shape index (κ3) is 5.52. The van der Waals surface area contributed by atoms with Crippen LogP contribution in [0.5, 0.6) is 0 Å². The van der Waals surface area contributed by atoms with Crippen molar-refractivity contribution in [1.82, 2.24) is 0 Å². The van der Waals surface area contributed by atoms with Crippen LogP contribution in [-0.2, 0) is 16.0 Å². The van der Waals surface area contributed by atoms with Gasteiger partial charge in [-0.2, -0.15) is 0 Å². The van der Waals surface area contributed by atoms with Crippen molar-refractivity contribution in [3.8, 4) is 0 Å². The lowest BCUT2D eigenvalue weighted by Gasteiger charge is -2.11. The fourth-order valence-electron chi connectivity index (χ4n) is 1.67. The molecule has 0 saturated carbocycles. The van der Waals surface area contributed by atoms with E-state index in [4.69, 9.17) is 10.8 Å². The normalized spacial score (nSPS) is 11.9. The van der Waals surface area contributed by atoms with Gasteiger partial charge in [-0.05, 0) is 24.1 Å². The number of anilines is 1. The Labute approximate surface area is 112 Å². The van der Waals surface area contributed by atoms with E-state index < -0.39 is 12.0 Å². The number of unbranched alkanes of at least 4 members (excludes halogenated alkanes) is 1. The fourth-order valence-corrected chi connectivity index (χ4v) is 1.67. The molecule has 5 nitrogen and oxygen atoms in total. The van der Waals surface area contributed by atoms with Gasteiger partial charge < -0.3 is 16.2 Å². The molecule has 1 amide bonds. The number of nitrogens with one attached hydrogen (secondary N) is 1. The van der Waals surface area contributed by atoms with Gasteiger partial charge >= 0.3 is 5.97 Å². The minimum absolute atomic E-state index is 0.0236. The lowest BCUT2D eigenvalue weighted by Crippen LogP contribution is -2.35. The standard InChI is InChI=1S/C14H20N2O3/c1-2-3-4-12(15)14(19)16-11-7-5-10(6-8-11)9-13(17)18/h5-8,12H,2-4,9,15H2,1H3,(H,16,19)(H,17,18)/t12-/m0/s1. The van der Waals surface area contributed by atoms with E-state index in [9.17, 15) is 9.59 Å². The first-order valence-corrected chi connectivity index (χ1v) is 6.40. The second-order valence-corrected chi connectivity index (χ2v) is 4.51. The monoisotopic (exact) mass is 264 g/mol. The van der Waals surface area contributed by atoms with Gasteiger partial charge in [-0.3, -0.25) is 9.59 Å². The maximum atomic E-state index is 11.8. The van der Waals surface area contributed by atoms with Crippen molar-refractivity contribution in [3.05, 3.63) is 29.8 Å². The second kappa shape index (κ2) is 7.53. The van der Waals surface area contributed by atoms with Crippen LogP contribution in [0.15, 0.2) is 24.3 Å². The number of amides is 1. The SMILES string of the molecule is CCCC[C@H](N)C(=O)Nc1ccc(CC(=O)O)cc1. The third-order valence-electron chi connectivity index (χ3n) is 2.78. The molecule has 1 rings (SSSR count). The van der Waals surface area contributed by atoms with Crippen molar-refractivity contribution in [2.45, 2.75) is 38.6 Å². The maximum absolute atomic E-state index is 11.8. The predicted molar refractivity (Wildman–Crippen MR) is 73.9 cm³/mol. The zero-order chi connectivity index (χ0) is 14.3. The van der Waals surface area contributed by atoms with Gasteiger partial charge in [0.15, 0.2) is 0 Å². The van der Waals surface area contributed by atoms with Gasteiger partial charge in [0.2, 0.25) is 5.91 Å². The lowest BCUT2D eigenvalue weighted by atomic mass is 10.1. The summed E-state index contributed by atoms with van der Waals surface area (Å²) in [5.74, 6) is -1.09. The Hall–Kier alpha value is -1.88. The average molecular weight is 264 g/mol. The summed E-state index contributed by atoms with van der Waals surface area (Å²) in [6.07, 6.45) is 2.57. The fraction of sp³-hybridized carbons (Fsp3) is 0.429. The summed E-state index contributed by atoms with van der Waals surface area (Å²) in [4.78, 5) is 22.3. The molecule has 0 bridgehead atoms. The highest BCUT2D eigenvalue weighted by Crippen LogP contribution is 2.11. The number of carboxylic acid groups (broad SMARTS) is 1. The Morgan fingerprint density at radius 1 is 1.32 bits per heavy atom. The Balaban J connectivity index is 2.52. The molecule has 0 aliphatic heterocycles. The van der Waals surface area contributed by atoms with Crippen molar-refractivity contribution in [3.63, 3.8) is 0 Å². The van der Waals surface area contributed by atoms with Gasteiger partial charge in [0, 0.05) is 5.69 Å². The Morgan fingerprint density at radius 2 is 1.95 bits per heavy atom. The van der Waals surface area contributed by atoms with Crippen LogP contribution in [0.2, 0.25) is 0 Å². The molecule has 0 aliphatic rings. The van der Waals surface area contributed by atoms with Crippen LogP contribution in [0.1, 0.15) is 31.7 Å². The van der Waals surface area contributed by atoms with E-state index in [0.29, 0.717) is 17.7 Å². The number of nitrogens with two attached hydrogens (primary N) is 1. The van der Waals surface area contributed by atoms with Crippen LogP contribution in [0.4, 0.5) is 5.69 Å². The zero-order valence-corrected chi connectivity index (χ0v) is 11.1. The first-order chi connectivity index (χ1) is 9.02. The molecule has 0 saturated heterocycles. The van der Waals surface area contributed by atoms with E-state index in [-0.39, 0.29) is 12.3 Å². The molecule has 19 heavy (non-hydrogen) atoms. The molecule has 0 aliphatic carbocycles. The van der Waals surface area contributed by atoms with Gasteiger partial charge in [-0.25, -0.2) is 0 Å². The van der Waals surface area contributed by atoms with Crippen LogP contribution >= 0.6 is 0 Å². The van der Waals surface area contributed by atoms with Crippen molar-refractivity contribution < 1.29 is 14.7 Å². The number of aliphatic carboxylic acids is 1. The summed E-state index contributed by atoms with van der Waals surface area (Å²) in [6.45, 7) is 2.05. The summed E-state index contributed by atoms with van der Waals surface area (Å²) in [7, 11) is 0. The average Bonchev–Trinajstić information content (AvgIpc) is 2.37. The van der Waals surface area contributed by atoms with Crippen LogP contribution in [-0.4, -0.2) is 23.0 Å². The van der Waals surface area contributed by atoms with Crippen molar-refractivity contribution in [1.29, 1.82) is 0 Å². The van der Waals surface area contributed by atoms with E-state index in [1.54, 1.807) is 24.3 Å². The molecule has 4 N–H and O–H groups in total. The van der Waals surface area contributed by atoms with E-state index in [1.165, 1.54) is 0 Å². The predicted octanol–water partition coefficient (Wildman–Crippen LogP) is 1.77. The number of benzene rings is 1. The molecule has 0 fully saturated rings. The smallest absolute Gasteiger partial charge is 0.307 e. The summed E-state index contributed by atoms with van der Waals surface area (Å²) in [5.41, 5.74) is 7.08. The Morgan fingerprint density at radius 3 is 2.47 bits per heavy atom. The molecule has 0 heterocycles. The van der Waals surface area contributed by atoms with E-state index in [0.717, 1.165) is 12.8 Å². The molecule has 0 aromatic heterocycles.